The van der Waals surface area contributed by atoms with E-state index >= 15 is 0 Å². The summed E-state index contributed by atoms with van der Waals surface area (Å²) in [6.07, 6.45) is 0. The van der Waals surface area contributed by atoms with Gasteiger partial charge in [0.05, 0.1) is 11.0 Å². The summed E-state index contributed by atoms with van der Waals surface area (Å²) in [6.45, 7) is 0. The van der Waals surface area contributed by atoms with E-state index in [9.17, 15) is 0 Å². The molecule has 4 nitrogen and oxygen atoms in total. The summed E-state index contributed by atoms with van der Waals surface area (Å²) < 4.78 is 4.80. The van der Waals surface area contributed by atoms with Crippen LogP contribution in [0.4, 0.5) is 0 Å². The van der Waals surface area contributed by atoms with Crippen LogP contribution in [0, 0.1) is 0 Å². The molecule has 9 aromatic carbocycles. The van der Waals surface area contributed by atoms with Crippen LogP contribution in [0.15, 0.2) is 194 Å². The van der Waals surface area contributed by atoms with Gasteiger partial charge in [0.2, 0.25) is 0 Å². The molecule has 0 unspecified atom stereocenters. The lowest BCUT2D eigenvalue weighted by Crippen LogP contribution is -2.02. The largest absolute Gasteiger partial charge is 0.309 e. The van der Waals surface area contributed by atoms with Gasteiger partial charge in [0.15, 0.2) is 17.5 Å². The van der Waals surface area contributed by atoms with Crippen LogP contribution in [0.1, 0.15) is 0 Å². The third kappa shape index (κ3) is 5.18. The van der Waals surface area contributed by atoms with Gasteiger partial charge in [-0.05, 0) is 81.2 Å². The maximum atomic E-state index is 5.39. The number of nitrogens with zero attached hydrogens (tertiary/aromatic N) is 4. The van der Waals surface area contributed by atoms with Gasteiger partial charge in [0.1, 0.15) is 0 Å². The Balaban J connectivity index is 1.17. The average Bonchev–Trinajstić information content (AvgIpc) is 3.85. The topological polar surface area (TPSA) is 43.6 Å². The number of para-hydroxylation sites is 2. The van der Waals surface area contributed by atoms with Crippen molar-refractivity contribution < 1.29 is 0 Å². The predicted octanol–water partition coefficient (Wildman–Crippen LogP) is 14.3. The standard InChI is InChI=1S/C53H32N4S/c1-2-15-33(16-3-1)51-54-52(56-53(55-51)45-25-14-24-44-43-23-10-13-28-49(43)58-50(44)45)36-29-35(46-32-34-17-4-5-18-38(34)39-19-6-7-20-40(39)46)30-37(31-36)57-47-26-11-8-21-41(47)42-22-9-12-27-48(42)57/h1-32H. The van der Waals surface area contributed by atoms with Gasteiger partial charge < -0.3 is 4.57 Å². The Morgan fingerprint density at radius 1 is 0.345 bits per heavy atom. The Morgan fingerprint density at radius 3 is 1.69 bits per heavy atom. The zero-order chi connectivity index (χ0) is 38.2. The van der Waals surface area contributed by atoms with Gasteiger partial charge in [-0.25, -0.2) is 15.0 Å². The number of thiophene rings is 1. The number of rotatable bonds is 5. The fraction of sp³-hybridized carbons (Fsp3) is 0. The maximum Gasteiger partial charge on any atom is 0.165 e. The van der Waals surface area contributed by atoms with E-state index in [-0.39, 0.29) is 0 Å². The molecule has 0 fully saturated rings. The molecule has 0 spiro atoms. The van der Waals surface area contributed by atoms with Crippen LogP contribution in [0.25, 0.3) is 115 Å². The summed E-state index contributed by atoms with van der Waals surface area (Å²) in [5.74, 6) is 1.91. The van der Waals surface area contributed by atoms with Gasteiger partial charge in [0.25, 0.3) is 0 Å². The van der Waals surface area contributed by atoms with E-state index < -0.39 is 0 Å². The highest BCUT2D eigenvalue weighted by atomic mass is 32.1. The van der Waals surface area contributed by atoms with Crippen molar-refractivity contribution in [3.8, 4) is 51.0 Å². The fourth-order valence-corrected chi connectivity index (χ4v) is 10.00. The third-order valence-electron chi connectivity index (χ3n) is 11.4. The van der Waals surface area contributed by atoms with Crippen molar-refractivity contribution >= 4 is 74.9 Å². The summed E-state index contributed by atoms with van der Waals surface area (Å²) in [5.41, 5.74) is 8.43. The number of aromatic nitrogens is 4. The van der Waals surface area contributed by atoms with E-state index in [0.29, 0.717) is 17.5 Å². The highest BCUT2D eigenvalue weighted by molar-refractivity contribution is 7.26. The van der Waals surface area contributed by atoms with E-state index in [0.717, 1.165) is 44.5 Å². The zero-order valence-corrected chi connectivity index (χ0v) is 32.0. The van der Waals surface area contributed by atoms with Crippen molar-refractivity contribution in [3.63, 3.8) is 0 Å². The van der Waals surface area contributed by atoms with Crippen LogP contribution in [0.3, 0.4) is 0 Å². The minimum Gasteiger partial charge on any atom is -0.309 e. The van der Waals surface area contributed by atoms with Crippen molar-refractivity contribution in [2.45, 2.75) is 0 Å². The molecular weight excluding hydrogens is 725 g/mol. The first kappa shape index (κ1) is 32.7. The molecular formula is C53H32N4S. The second-order valence-corrected chi connectivity index (χ2v) is 15.8. The molecule has 270 valence electrons. The van der Waals surface area contributed by atoms with Gasteiger partial charge in [0, 0.05) is 53.3 Å². The van der Waals surface area contributed by atoms with Gasteiger partial charge in [-0.3, -0.25) is 0 Å². The normalized spacial score (nSPS) is 11.8. The van der Waals surface area contributed by atoms with Crippen molar-refractivity contribution in [2.75, 3.05) is 0 Å². The number of fused-ring (bicyclic) bond motifs is 9. The Bertz CT molecular complexity index is 3530. The monoisotopic (exact) mass is 756 g/mol. The van der Waals surface area contributed by atoms with E-state index in [1.54, 1.807) is 11.3 Å². The summed E-state index contributed by atoms with van der Waals surface area (Å²) in [7, 11) is 0. The summed E-state index contributed by atoms with van der Waals surface area (Å²) in [4.78, 5) is 15.9. The Labute approximate surface area is 338 Å². The van der Waals surface area contributed by atoms with Crippen molar-refractivity contribution in [3.05, 3.63) is 194 Å². The second kappa shape index (κ2) is 13.1. The van der Waals surface area contributed by atoms with E-state index in [1.807, 2.05) is 18.2 Å². The Kier molecular flexibility index (Phi) is 7.37. The first-order valence-electron chi connectivity index (χ1n) is 19.5. The van der Waals surface area contributed by atoms with Gasteiger partial charge in [-0.15, -0.1) is 11.3 Å². The lowest BCUT2D eigenvalue weighted by Gasteiger charge is -2.16. The lowest BCUT2D eigenvalue weighted by molar-refractivity contribution is 1.07. The minimum atomic E-state index is 0.621. The van der Waals surface area contributed by atoms with E-state index in [4.69, 9.17) is 15.0 Å². The van der Waals surface area contributed by atoms with Gasteiger partial charge >= 0.3 is 0 Å². The van der Waals surface area contributed by atoms with Crippen LogP contribution in [-0.4, -0.2) is 19.5 Å². The van der Waals surface area contributed by atoms with Crippen molar-refractivity contribution in [2.24, 2.45) is 0 Å². The third-order valence-corrected chi connectivity index (χ3v) is 12.6. The molecule has 0 radical (unpaired) electrons. The molecule has 58 heavy (non-hydrogen) atoms. The highest BCUT2D eigenvalue weighted by Crippen LogP contribution is 2.42. The van der Waals surface area contributed by atoms with Crippen molar-refractivity contribution in [1.82, 2.24) is 19.5 Å². The second-order valence-electron chi connectivity index (χ2n) is 14.8. The SMILES string of the molecule is c1ccc(-c2nc(-c3cc(-c4cc5ccccc5c5ccccc45)cc(-n4c5ccccc5c5ccccc54)c3)nc(-c3cccc4c3sc3ccccc34)n2)cc1. The lowest BCUT2D eigenvalue weighted by atomic mass is 9.92. The number of hydrogen-bond acceptors (Lipinski definition) is 4. The van der Waals surface area contributed by atoms with Crippen LogP contribution in [0.2, 0.25) is 0 Å². The Hall–Kier alpha value is -7.47. The molecule has 0 bridgehead atoms. The molecule has 0 aliphatic rings. The average molecular weight is 757 g/mol. The molecule has 0 saturated carbocycles. The van der Waals surface area contributed by atoms with Crippen LogP contribution < -0.4 is 0 Å². The molecule has 0 amide bonds. The molecule has 0 aliphatic carbocycles. The molecule has 0 atom stereocenters. The molecule has 12 aromatic rings. The highest BCUT2D eigenvalue weighted by Gasteiger charge is 2.20. The summed E-state index contributed by atoms with van der Waals surface area (Å²) >= 11 is 1.79. The van der Waals surface area contributed by atoms with Gasteiger partial charge in [-0.1, -0.05) is 146 Å². The van der Waals surface area contributed by atoms with E-state index in [2.05, 4.69) is 180 Å². The van der Waals surface area contributed by atoms with E-state index in [1.165, 1.54) is 52.5 Å². The first-order chi connectivity index (χ1) is 28.7. The summed E-state index contributed by atoms with van der Waals surface area (Å²) in [5, 5.41) is 9.75. The van der Waals surface area contributed by atoms with Crippen LogP contribution in [-0.2, 0) is 0 Å². The quantitative estimate of drug-likeness (QED) is 0.164. The zero-order valence-electron chi connectivity index (χ0n) is 31.2. The molecule has 0 N–H and O–H groups in total. The Morgan fingerprint density at radius 2 is 0.914 bits per heavy atom. The first-order valence-corrected chi connectivity index (χ1v) is 20.3. The summed E-state index contributed by atoms with van der Waals surface area (Å²) in [6, 6.07) is 69.3. The molecule has 3 heterocycles. The van der Waals surface area contributed by atoms with Gasteiger partial charge in [-0.2, -0.15) is 0 Å². The number of benzene rings is 9. The maximum absolute atomic E-state index is 5.39. The smallest absolute Gasteiger partial charge is 0.165 e. The van der Waals surface area contributed by atoms with Crippen LogP contribution in [0.5, 0.6) is 0 Å². The molecule has 5 heteroatoms. The number of hydrogen-bond donors (Lipinski definition) is 0. The minimum absolute atomic E-state index is 0.621. The molecule has 0 saturated heterocycles. The fourth-order valence-electron chi connectivity index (χ4n) is 8.78. The molecule has 3 aromatic heterocycles. The molecule has 12 rings (SSSR count). The van der Waals surface area contributed by atoms with Crippen LogP contribution >= 0.6 is 11.3 Å². The van der Waals surface area contributed by atoms with Crippen molar-refractivity contribution in [1.29, 1.82) is 0 Å². The predicted molar refractivity (Wildman–Crippen MR) is 244 cm³/mol. The molecule has 0 aliphatic heterocycles.